The van der Waals surface area contributed by atoms with Crippen LogP contribution in [0.3, 0.4) is 0 Å². The first kappa shape index (κ1) is 10.1. The summed E-state index contributed by atoms with van der Waals surface area (Å²) in [5.41, 5.74) is 3.34. The van der Waals surface area contributed by atoms with E-state index in [-0.39, 0.29) is 0 Å². The highest BCUT2D eigenvalue weighted by Gasteiger charge is 2.05. The Hall–Kier alpha value is -0.990. The third-order valence-electron chi connectivity index (χ3n) is 2.04. The zero-order valence-electron chi connectivity index (χ0n) is 8.45. The molecule has 0 amide bonds. The van der Waals surface area contributed by atoms with Crippen LogP contribution in [0.5, 0.6) is 0 Å². The van der Waals surface area contributed by atoms with Crippen LogP contribution in [0.1, 0.15) is 39.5 Å². The normalized spacial score (nSPS) is 10.7. The van der Waals surface area contributed by atoms with Gasteiger partial charge in [0.2, 0.25) is 0 Å². The van der Waals surface area contributed by atoms with Crippen LogP contribution in [-0.2, 0) is 0 Å². The van der Waals surface area contributed by atoms with E-state index in [4.69, 9.17) is 0 Å². The number of aromatic nitrogens is 2. The zero-order chi connectivity index (χ0) is 9.52. The molecule has 0 spiro atoms. The summed E-state index contributed by atoms with van der Waals surface area (Å²) in [4.78, 5) is 1.75. The summed E-state index contributed by atoms with van der Waals surface area (Å²) in [7, 11) is 0. The van der Waals surface area contributed by atoms with E-state index in [9.17, 15) is 0 Å². The van der Waals surface area contributed by atoms with Gasteiger partial charge < -0.3 is 5.43 Å². The Morgan fingerprint density at radius 1 is 1.38 bits per heavy atom. The van der Waals surface area contributed by atoms with Gasteiger partial charge in [0.1, 0.15) is 6.20 Å². The molecule has 0 fully saturated rings. The molecule has 0 aliphatic rings. The second-order valence-electron chi connectivity index (χ2n) is 3.29. The Morgan fingerprint density at radius 2 is 2.08 bits per heavy atom. The largest absolute Gasteiger partial charge is 0.307 e. The van der Waals surface area contributed by atoms with Crippen molar-refractivity contribution in [3.8, 4) is 0 Å². The van der Waals surface area contributed by atoms with Gasteiger partial charge in [0.05, 0.1) is 0 Å². The fourth-order valence-electron chi connectivity index (χ4n) is 1.46. The van der Waals surface area contributed by atoms with Crippen molar-refractivity contribution >= 4 is 0 Å². The van der Waals surface area contributed by atoms with Gasteiger partial charge in [0.25, 0.3) is 0 Å². The number of hydrogen-bond donors (Lipinski definition) is 1. The lowest BCUT2D eigenvalue weighted by Gasteiger charge is -2.17. The van der Waals surface area contributed by atoms with Crippen molar-refractivity contribution in [1.29, 1.82) is 0 Å². The standard InChI is InChI=1S/C10H18N3/c1-3-6-10(7-4-2)12-13-9-5-8-11-13/h5,9-10,12H,3-4,6-7H2,1-2H3. The Kier molecular flexibility index (Phi) is 4.36. The molecule has 0 aromatic carbocycles. The second kappa shape index (κ2) is 5.62. The molecule has 0 saturated heterocycles. The Morgan fingerprint density at radius 3 is 2.54 bits per heavy atom. The van der Waals surface area contributed by atoms with Crippen molar-refractivity contribution in [3.05, 3.63) is 18.5 Å². The molecule has 13 heavy (non-hydrogen) atoms. The van der Waals surface area contributed by atoms with E-state index in [0.717, 1.165) is 0 Å². The van der Waals surface area contributed by atoms with Gasteiger partial charge in [-0.1, -0.05) is 26.7 Å². The minimum Gasteiger partial charge on any atom is -0.307 e. The second-order valence-corrected chi connectivity index (χ2v) is 3.29. The Bertz CT molecular complexity index is 200. The van der Waals surface area contributed by atoms with E-state index >= 15 is 0 Å². The van der Waals surface area contributed by atoms with Crippen molar-refractivity contribution in [3.63, 3.8) is 0 Å². The number of rotatable bonds is 6. The van der Waals surface area contributed by atoms with Crippen molar-refractivity contribution in [2.45, 2.75) is 45.6 Å². The van der Waals surface area contributed by atoms with Crippen LogP contribution in [0.25, 0.3) is 0 Å². The minimum atomic E-state index is 0.545. The van der Waals surface area contributed by atoms with Gasteiger partial charge in [0, 0.05) is 12.2 Å². The molecular formula is C10H18N3. The number of nitrogens with one attached hydrogen (secondary N) is 1. The average molecular weight is 180 g/mol. The van der Waals surface area contributed by atoms with Gasteiger partial charge in [-0.25, -0.2) is 0 Å². The first-order valence-electron chi connectivity index (χ1n) is 5.05. The lowest BCUT2D eigenvalue weighted by Crippen LogP contribution is -2.28. The number of hydrogen-bond acceptors (Lipinski definition) is 2. The van der Waals surface area contributed by atoms with Crippen LogP contribution < -0.4 is 5.43 Å². The zero-order valence-corrected chi connectivity index (χ0v) is 8.45. The molecule has 0 unspecified atom stereocenters. The highest BCUT2D eigenvalue weighted by Crippen LogP contribution is 2.05. The molecule has 0 atom stereocenters. The third kappa shape index (κ3) is 3.49. The van der Waals surface area contributed by atoms with Gasteiger partial charge in [0.15, 0.2) is 0 Å². The fourth-order valence-corrected chi connectivity index (χ4v) is 1.46. The smallest absolute Gasteiger partial charge is 0.115 e. The molecule has 1 aromatic rings. The molecule has 0 aliphatic carbocycles. The molecule has 3 nitrogen and oxygen atoms in total. The van der Waals surface area contributed by atoms with Gasteiger partial charge >= 0.3 is 0 Å². The molecule has 1 rings (SSSR count). The lowest BCUT2D eigenvalue weighted by atomic mass is 10.1. The summed E-state index contributed by atoms with van der Waals surface area (Å²) in [6, 6.07) is 2.35. The van der Waals surface area contributed by atoms with Gasteiger partial charge in [-0.2, -0.15) is 9.89 Å². The highest BCUT2D eigenvalue weighted by molar-refractivity contribution is 4.84. The van der Waals surface area contributed by atoms with Crippen molar-refractivity contribution < 1.29 is 0 Å². The summed E-state index contributed by atoms with van der Waals surface area (Å²) in [5.74, 6) is 0. The number of nitrogens with zero attached hydrogens (tertiary/aromatic N) is 2. The topological polar surface area (TPSA) is 29.9 Å². The molecule has 0 aliphatic heterocycles. The fraction of sp³-hybridized carbons (Fsp3) is 0.700. The van der Waals surface area contributed by atoms with E-state index in [1.165, 1.54) is 25.7 Å². The predicted molar refractivity (Wildman–Crippen MR) is 54.0 cm³/mol. The Labute approximate surface area is 80.1 Å². The van der Waals surface area contributed by atoms with Gasteiger partial charge in [-0.05, 0) is 18.9 Å². The van der Waals surface area contributed by atoms with E-state index in [1.54, 1.807) is 4.79 Å². The van der Waals surface area contributed by atoms with Gasteiger partial charge in [-0.15, -0.1) is 0 Å². The summed E-state index contributed by atoms with van der Waals surface area (Å²) in [6.07, 6.45) is 9.48. The predicted octanol–water partition coefficient (Wildman–Crippen LogP) is 2.20. The molecule has 1 aromatic heterocycles. The summed E-state index contributed by atoms with van der Waals surface area (Å²) >= 11 is 0. The van der Waals surface area contributed by atoms with Crippen LogP contribution in [-0.4, -0.2) is 15.9 Å². The van der Waals surface area contributed by atoms with Gasteiger partial charge in [-0.3, -0.25) is 0 Å². The summed E-state index contributed by atoms with van der Waals surface area (Å²) < 4.78 is 0. The molecule has 1 heterocycles. The summed E-state index contributed by atoms with van der Waals surface area (Å²) in [6.45, 7) is 4.42. The van der Waals surface area contributed by atoms with Crippen LogP contribution in [0.15, 0.2) is 12.3 Å². The van der Waals surface area contributed by atoms with Crippen molar-refractivity contribution in [1.82, 2.24) is 9.89 Å². The maximum Gasteiger partial charge on any atom is 0.115 e. The Balaban J connectivity index is 2.37. The van der Waals surface area contributed by atoms with E-state index in [2.05, 4.69) is 30.6 Å². The quantitative estimate of drug-likeness (QED) is 0.727. The summed E-state index contributed by atoms with van der Waals surface area (Å²) in [5, 5.41) is 4.00. The monoisotopic (exact) mass is 180 g/mol. The first-order chi connectivity index (χ1) is 6.36. The molecular weight excluding hydrogens is 162 g/mol. The maximum absolute atomic E-state index is 4.00. The molecule has 3 heteroatoms. The molecule has 0 bridgehead atoms. The van der Waals surface area contributed by atoms with Crippen LogP contribution in [0, 0.1) is 6.20 Å². The van der Waals surface area contributed by atoms with Crippen LogP contribution >= 0.6 is 0 Å². The van der Waals surface area contributed by atoms with E-state index in [1.807, 2.05) is 12.3 Å². The lowest BCUT2D eigenvalue weighted by molar-refractivity contribution is 0.520. The molecule has 1 N–H and O–H groups in total. The third-order valence-corrected chi connectivity index (χ3v) is 2.04. The van der Waals surface area contributed by atoms with E-state index < -0.39 is 0 Å². The SMILES string of the molecule is CCCC(CCC)Nn1cc[c]n1. The van der Waals surface area contributed by atoms with E-state index in [0.29, 0.717) is 6.04 Å². The molecule has 1 radical (unpaired) electrons. The average Bonchev–Trinajstić information content (AvgIpc) is 2.58. The molecule has 73 valence electrons. The van der Waals surface area contributed by atoms with Crippen LogP contribution in [0.4, 0.5) is 0 Å². The first-order valence-corrected chi connectivity index (χ1v) is 5.05. The minimum absolute atomic E-state index is 0.545. The maximum atomic E-state index is 4.00. The van der Waals surface area contributed by atoms with Crippen molar-refractivity contribution in [2.75, 3.05) is 5.43 Å². The van der Waals surface area contributed by atoms with Crippen molar-refractivity contribution in [2.24, 2.45) is 0 Å². The van der Waals surface area contributed by atoms with Crippen LogP contribution in [0.2, 0.25) is 0 Å². The molecule has 0 saturated carbocycles. The highest BCUT2D eigenvalue weighted by atomic mass is 15.6.